The number of carbonyl (C=O) groups is 2. The van der Waals surface area contributed by atoms with Gasteiger partial charge in [0.1, 0.15) is 11.4 Å². The molecule has 3 aromatic rings. The number of benzene rings is 2. The third-order valence-electron chi connectivity index (χ3n) is 4.05. The molecule has 0 spiro atoms. The molecule has 0 amide bonds. The van der Waals surface area contributed by atoms with Gasteiger partial charge < -0.3 is 9.84 Å². The first kappa shape index (κ1) is 19.1. The molecule has 5 nitrogen and oxygen atoms in total. The molecule has 0 unspecified atom stereocenters. The van der Waals surface area contributed by atoms with Crippen molar-refractivity contribution in [3.05, 3.63) is 71.4 Å². The van der Waals surface area contributed by atoms with Gasteiger partial charge in [-0.15, -0.1) is 0 Å². The SMILES string of the molecule is CCOC(=O)CCC(=O)c1nc2cc(C#Cc3ccccc3)ccc2cc1O. The molecule has 2 aromatic carbocycles. The summed E-state index contributed by atoms with van der Waals surface area (Å²) >= 11 is 0. The van der Waals surface area contributed by atoms with E-state index in [1.807, 2.05) is 36.4 Å². The molecule has 0 atom stereocenters. The van der Waals surface area contributed by atoms with E-state index in [-0.39, 0.29) is 30.9 Å². The number of fused-ring (bicyclic) bond motifs is 1. The molecule has 28 heavy (non-hydrogen) atoms. The molecule has 0 saturated carbocycles. The molecule has 1 N–H and O–H groups in total. The topological polar surface area (TPSA) is 76.5 Å². The number of hydrogen-bond donors (Lipinski definition) is 1. The number of aromatic nitrogens is 1. The lowest BCUT2D eigenvalue weighted by Crippen LogP contribution is -2.09. The molecule has 0 fully saturated rings. The van der Waals surface area contributed by atoms with Crippen LogP contribution in [0.25, 0.3) is 10.9 Å². The Labute approximate surface area is 163 Å². The third kappa shape index (κ3) is 4.74. The average molecular weight is 373 g/mol. The maximum Gasteiger partial charge on any atom is 0.306 e. The van der Waals surface area contributed by atoms with E-state index in [1.165, 1.54) is 6.07 Å². The second-order valence-electron chi connectivity index (χ2n) is 6.11. The molecule has 0 bridgehead atoms. The summed E-state index contributed by atoms with van der Waals surface area (Å²) in [7, 11) is 0. The van der Waals surface area contributed by atoms with Crippen molar-refractivity contribution in [2.24, 2.45) is 0 Å². The smallest absolute Gasteiger partial charge is 0.306 e. The van der Waals surface area contributed by atoms with Crippen LogP contribution in [0.4, 0.5) is 0 Å². The van der Waals surface area contributed by atoms with Gasteiger partial charge in [-0.1, -0.05) is 36.1 Å². The van der Waals surface area contributed by atoms with Crippen LogP contribution < -0.4 is 0 Å². The van der Waals surface area contributed by atoms with E-state index in [9.17, 15) is 14.7 Å². The second kappa shape index (κ2) is 8.83. The molecule has 0 saturated heterocycles. The average Bonchev–Trinajstić information content (AvgIpc) is 2.71. The second-order valence-corrected chi connectivity index (χ2v) is 6.11. The molecule has 1 heterocycles. The van der Waals surface area contributed by atoms with Crippen molar-refractivity contribution in [1.29, 1.82) is 0 Å². The summed E-state index contributed by atoms with van der Waals surface area (Å²) in [6.45, 7) is 1.97. The van der Waals surface area contributed by atoms with Gasteiger partial charge in [-0.25, -0.2) is 4.98 Å². The zero-order chi connectivity index (χ0) is 19.9. The summed E-state index contributed by atoms with van der Waals surface area (Å²) < 4.78 is 4.82. The van der Waals surface area contributed by atoms with E-state index in [2.05, 4.69) is 16.8 Å². The lowest BCUT2D eigenvalue weighted by Gasteiger charge is -2.06. The van der Waals surface area contributed by atoms with Gasteiger partial charge in [0.25, 0.3) is 0 Å². The number of ether oxygens (including phenoxy) is 1. The van der Waals surface area contributed by atoms with Gasteiger partial charge in [-0.3, -0.25) is 9.59 Å². The molecule has 0 aliphatic heterocycles. The van der Waals surface area contributed by atoms with Gasteiger partial charge in [0.05, 0.1) is 18.5 Å². The van der Waals surface area contributed by atoms with Crippen LogP contribution in [0.3, 0.4) is 0 Å². The number of esters is 1. The van der Waals surface area contributed by atoms with E-state index in [1.54, 1.807) is 19.1 Å². The Morgan fingerprint density at radius 2 is 1.75 bits per heavy atom. The maximum absolute atomic E-state index is 12.4. The summed E-state index contributed by atoms with van der Waals surface area (Å²) in [5, 5.41) is 10.8. The first-order valence-electron chi connectivity index (χ1n) is 8.96. The molecule has 1 aromatic heterocycles. The summed E-state index contributed by atoms with van der Waals surface area (Å²) in [6.07, 6.45) is -0.118. The van der Waals surface area contributed by atoms with E-state index >= 15 is 0 Å². The predicted octanol–water partition coefficient (Wildman–Crippen LogP) is 3.87. The first-order chi connectivity index (χ1) is 13.6. The van der Waals surface area contributed by atoms with Crippen molar-refractivity contribution in [2.45, 2.75) is 19.8 Å². The standard InChI is InChI=1S/C23H19NO4/c1-2-28-22(27)13-12-20(25)23-21(26)15-18-11-10-17(14-19(18)24-23)9-8-16-6-4-3-5-7-16/h3-7,10-11,14-15,26H,2,12-13H2,1H3. The van der Waals surface area contributed by atoms with Crippen molar-refractivity contribution < 1.29 is 19.4 Å². The molecular formula is C23H19NO4. The summed E-state index contributed by atoms with van der Waals surface area (Å²) in [4.78, 5) is 28.1. The maximum atomic E-state index is 12.4. The van der Waals surface area contributed by atoms with Crippen molar-refractivity contribution in [3.8, 4) is 17.6 Å². The Bertz CT molecular complexity index is 1080. The molecule has 0 aliphatic carbocycles. The number of carbonyl (C=O) groups excluding carboxylic acids is 2. The Morgan fingerprint density at radius 1 is 1.00 bits per heavy atom. The van der Waals surface area contributed by atoms with Crippen molar-refractivity contribution in [2.75, 3.05) is 6.61 Å². The number of hydrogen-bond acceptors (Lipinski definition) is 5. The highest BCUT2D eigenvalue weighted by atomic mass is 16.5. The summed E-state index contributed by atoms with van der Waals surface area (Å²) in [6, 6.07) is 16.5. The Balaban J connectivity index is 1.85. The van der Waals surface area contributed by atoms with Gasteiger partial charge in [0.2, 0.25) is 0 Å². The van der Waals surface area contributed by atoms with Crippen LogP contribution in [0.5, 0.6) is 5.75 Å². The molecule has 0 radical (unpaired) electrons. The van der Waals surface area contributed by atoms with Crippen LogP contribution in [0.1, 0.15) is 41.4 Å². The first-order valence-corrected chi connectivity index (χ1v) is 8.96. The molecule has 5 heteroatoms. The Kier molecular flexibility index (Phi) is 6.03. The highest BCUT2D eigenvalue weighted by Gasteiger charge is 2.16. The summed E-state index contributed by atoms with van der Waals surface area (Å²) in [5.41, 5.74) is 2.15. The predicted molar refractivity (Wildman–Crippen MR) is 106 cm³/mol. The number of rotatable bonds is 5. The normalized spacial score (nSPS) is 10.2. The fourth-order valence-electron chi connectivity index (χ4n) is 2.67. The van der Waals surface area contributed by atoms with Crippen molar-refractivity contribution >= 4 is 22.7 Å². The fraction of sp³-hybridized carbons (Fsp3) is 0.174. The van der Waals surface area contributed by atoms with Gasteiger partial charge in [0.15, 0.2) is 5.78 Å². The van der Waals surface area contributed by atoms with Crippen LogP contribution in [0, 0.1) is 11.8 Å². The van der Waals surface area contributed by atoms with Gasteiger partial charge in [-0.2, -0.15) is 0 Å². The minimum absolute atomic E-state index is 0.0472. The highest BCUT2D eigenvalue weighted by molar-refractivity contribution is 6.00. The molecule has 0 aliphatic rings. The van der Waals surface area contributed by atoms with E-state index in [4.69, 9.17) is 4.74 Å². The zero-order valence-electron chi connectivity index (χ0n) is 15.4. The number of Topliss-reactive ketones (excluding diaryl/α,β-unsaturated/α-hetero) is 1. The largest absolute Gasteiger partial charge is 0.506 e. The van der Waals surface area contributed by atoms with Crippen LogP contribution in [-0.2, 0) is 9.53 Å². The highest BCUT2D eigenvalue weighted by Crippen LogP contribution is 2.24. The minimum atomic E-state index is -0.449. The van der Waals surface area contributed by atoms with Crippen LogP contribution in [-0.4, -0.2) is 28.4 Å². The number of ketones is 1. The van der Waals surface area contributed by atoms with E-state index in [0.717, 1.165) is 11.1 Å². The quantitative estimate of drug-likeness (QED) is 0.417. The Morgan fingerprint density at radius 3 is 2.50 bits per heavy atom. The van der Waals surface area contributed by atoms with E-state index in [0.29, 0.717) is 10.9 Å². The van der Waals surface area contributed by atoms with Crippen LogP contribution >= 0.6 is 0 Å². The van der Waals surface area contributed by atoms with Crippen LogP contribution in [0.2, 0.25) is 0 Å². The lowest BCUT2D eigenvalue weighted by atomic mass is 10.1. The fourth-order valence-corrected chi connectivity index (χ4v) is 2.67. The molecule has 140 valence electrons. The monoisotopic (exact) mass is 373 g/mol. The van der Waals surface area contributed by atoms with Crippen LogP contribution in [0.15, 0.2) is 54.6 Å². The van der Waals surface area contributed by atoms with Gasteiger partial charge in [0, 0.05) is 22.9 Å². The number of nitrogens with zero attached hydrogens (tertiary/aromatic N) is 1. The molecular weight excluding hydrogens is 354 g/mol. The zero-order valence-corrected chi connectivity index (χ0v) is 15.4. The minimum Gasteiger partial charge on any atom is -0.506 e. The van der Waals surface area contributed by atoms with Crippen molar-refractivity contribution in [1.82, 2.24) is 4.98 Å². The van der Waals surface area contributed by atoms with Gasteiger partial charge >= 0.3 is 5.97 Å². The number of aromatic hydroxyl groups is 1. The van der Waals surface area contributed by atoms with Crippen molar-refractivity contribution in [3.63, 3.8) is 0 Å². The molecule has 3 rings (SSSR count). The van der Waals surface area contributed by atoms with E-state index < -0.39 is 11.8 Å². The lowest BCUT2D eigenvalue weighted by molar-refractivity contribution is -0.143. The third-order valence-corrected chi connectivity index (χ3v) is 4.05. The summed E-state index contributed by atoms with van der Waals surface area (Å²) in [5.74, 6) is 5.08. The number of pyridine rings is 1. The Hall–Kier alpha value is -3.65. The van der Waals surface area contributed by atoms with Gasteiger partial charge in [-0.05, 0) is 37.3 Å².